The van der Waals surface area contributed by atoms with Crippen LogP contribution in [0.3, 0.4) is 0 Å². The second kappa shape index (κ2) is 8.48. The molecule has 0 spiro atoms. The van der Waals surface area contributed by atoms with Gasteiger partial charge in [-0.25, -0.2) is 4.79 Å². The number of hydrogen-bond donors (Lipinski definition) is 2. The van der Waals surface area contributed by atoms with Gasteiger partial charge in [-0.15, -0.1) is 11.3 Å². The van der Waals surface area contributed by atoms with E-state index in [0.29, 0.717) is 36.8 Å². The maximum absolute atomic E-state index is 12.4. The number of nitrogens with zero attached hydrogens (tertiary/aromatic N) is 1. The molecule has 1 aromatic heterocycles. The van der Waals surface area contributed by atoms with Gasteiger partial charge in [0.05, 0.1) is 18.8 Å². The summed E-state index contributed by atoms with van der Waals surface area (Å²) in [6.45, 7) is 7.24. The van der Waals surface area contributed by atoms with Gasteiger partial charge >= 0.3 is 6.09 Å². The minimum absolute atomic E-state index is 0.228. The van der Waals surface area contributed by atoms with Crippen molar-refractivity contribution in [3.63, 3.8) is 0 Å². The fourth-order valence-electron chi connectivity index (χ4n) is 3.16. The van der Waals surface area contributed by atoms with E-state index >= 15 is 0 Å². The lowest BCUT2D eigenvalue weighted by molar-refractivity contribution is -0.111. The van der Waals surface area contributed by atoms with Gasteiger partial charge in [-0.05, 0) is 55.5 Å². The fourth-order valence-corrected chi connectivity index (χ4v) is 4.35. The van der Waals surface area contributed by atoms with Crippen molar-refractivity contribution in [1.82, 2.24) is 4.90 Å². The fraction of sp³-hybridized carbons (Fsp3) is 0.333. The summed E-state index contributed by atoms with van der Waals surface area (Å²) in [5.41, 5.74) is 11.2. The SMILES string of the molecule is CCOC(=O)N1CCc2c(sc(NC(=O)/C=C/c3cccc(C)c3C)c2N)C1. The molecule has 0 bridgehead atoms. The summed E-state index contributed by atoms with van der Waals surface area (Å²) in [7, 11) is 0. The molecule has 0 saturated heterocycles. The van der Waals surface area contributed by atoms with Crippen molar-refractivity contribution in [2.75, 3.05) is 24.2 Å². The topological polar surface area (TPSA) is 84.7 Å². The standard InChI is InChI=1S/C21H25N3O3S/c1-4-27-21(26)24-11-10-16-17(12-24)28-20(19(16)22)23-18(25)9-8-15-7-5-6-13(2)14(15)3/h5-9H,4,10-12,22H2,1-3H3,(H,23,25)/b9-8+. The number of rotatable bonds is 4. The molecule has 7 heteroatoms. The molecule has 0 saturated carbocycles. The molecule has 0 atom stereocenters. The van der Waals surface area contributed by atoms with Gasteiger partial charge in [0.2, 0.25) is 5.91 Å². The molecule has 1 aliphatic rings. The number of amides is 2. The Morgan fingerprint density at radius 3 is 2.89 bits per heavy atom. The minimum Gasteiger partial charge on any atom is -0.450 e. The molecule has 28 heavy (non-hydrogen) atoms. The quantitative estimate of drug-likeness (QED) is 0.758. The Labute approximate surface area is 169 Å². The monoisotopic (exact) mass is 399 g/mol. The van der Waals surface area contributed by atoms with E-state index in [1.807, 2.05) is 38.1 Å². The maximum atomic E-state index is 12.4. The van der Waals surface area contributed by atoms with E-state index in [9.17, 15) is 9.59 Å². The van der Waals surface area contributed by atoms with Gasteiger partial charge < -0.3 is 20.7 Å². The van der Waals surface area contributed by atoms with Crippen molar-refractivity contribution in [3.05, 3.63) is 51.4 Å². The van der Waals surface area contributed by atoms with Crippen molar-refractivity contribution in [2.24, 2.45) is 0 Å². The summed E-state index contributed by atoms with van der Waals surface area (Å²) in [6.07, 6.45) is 3.67. The second-order valence-electron chi connectivity index (χ2n) is 6.73. The second-order valence-corrected chi connectivity index (χ2v) is 7.83. The highest BCUT2D eigenvalue weighted by Gasteiger charge is 2.26. The van der Waals surface area contributed by atoms with Gasteiger partial charge in [-0.2, -0.15) is 0 Å². The van der Waals surface area contributed by atoms with E-state index < -0.39 is 0 Å². The molecule has 0 fully saturated rings. The molecule has 6 nitrogen and oxygen atoms in total. The van der Waals surface area contributed by atoms with E-state index in [4.69, 9.17) is 10.5 Å². The van der Waals surface area contributed by atoms with Crippen LogP contribution in [0.4, 0.5) is 15.5 Å². The Bertz CT molecular complexity index is 933. The van der Waals surface area contributed by atoms with Gasteiger partial charge in [0.15, 0.2) is 0 Å². The summed E-state index contributed by atoms with van der Waals surface area (Å²) >= 11 is 1.42. The Kier molecular flexibility index (Phi) is 6.04. The first-order valence-electron chi connectivity index (χ1n) is 9.27. The average molecular weight is 400 g/mol. The zero-order valence-corrected chi connectivity index (χ0v) is 17.2. The van der Waals surface area contributed by atoms with E-state index in [0.717, 1.165) is 21.6 Å². The number of hydrogen-bond acceptors (Lipinski definition) is 5. The van der Waals surface area contributed by atoms with E-state index in [1.54, 1.807) is 11.8 Å². The summed E-state index contributed by atoms with van der Waals surface area (Å²) in [6, 6.07) is 6.00. The molecule has 2 heterocycles. The van der Waals surface area contributed by atoms with Crippen LogP contribution in [0.5, 0.6) is 0 Å². The highest BCUT2D eigenvalue weighted by atomic mass is 32.1. The number of anilines is 2. The molecule has 0 unspecified atom stereocenters. The zero-order valence-electron chi connectivity index (χ0n) is 16.4. The lowest BCUT2D eigenvalue weighted by Gasteiger charge is -2.26. The number of nitrogens with one attached hydrogen (secondary N) is 1. The van der Waals surface area contributed by atoms with Crippen molar-refractivity contribution in [3.8, 4) is 0 Å². The first-order valence-corrected chi connectivity index (χ1v) is 10.1. The van der Waals surface area contributed by atoms with E-state index in [2.05, 4.69) is 5.32 Å². The predicted octanol–water partition coefficient (Wildman–Crippen LogP) is 4.11. The van der Waals surface area contributed by atoms with Crippen LogP contribution in [0.2, 0.25) is 0 Å². The zero-order chi connectivity index (χ0) is 20.3. The van der Waals surface area contributed by atoms with Crippen LogP contribution in [-0.4, -0.2) is 30.1 Å². The van der Waals surface area contributed by atoms with E-state index in [-0.39, 0.29) is 12.0 Å². The number of carbonyl (C=O) groups is 2. The Morgan fingerprint density at radius 2 is 2.14 bits per heavy atom. The highest BCUT2D eigenvalue weighted by molar-refractivity contribution is 7.17. The number of thiophene rings is 1. The maximum Gasteiger partial charge on any atom is 0.410 e. The Balaban J connectivity index is 1.70. The molecule has 1 aromatic carbocycles. The average Bonchev–Trinajstić information content (AvgIpc) is 2.98. The Morgan fingerprint density at radius 1 is 1.36 bits per heavy atom. The van der Waals surface area contributed by atoms with Crippen molar-refractivity contribution >= 4 is 40.1 Å². The van der Waals surface area contributed by atoms with Crippen LogP contribution in [0.15, 0.2) is 24.3 Å². The van der Waals surface area contributed by atoms with Crippen LogP contribution in [0.25, 0.3) is 6.08 Å². The third-order valence-corrected chi connectivity index (χ3v) is 6.07. The number of nitrogens with two attached hydrogens (primary N) is 1. The molecule has 0 aliphatic carbocycles. The lowest BCUT2D eigenvalue weighted by Crippen LogP contribution is -2.35. The van der Waals surface area contributed by atoms with E-state index in [1.165, 1.54) is 23.0 Å². The molecule has 0 radical (unpaired) electrons. The van der Waals surface area contributed by atoms with Crippen LogP contribution in [0.1, 0.15) is 34.1 Å². The summed E-state index contributed by atoms with van der Waals surface area (Å²) in [5.74, 6) is -0.228. The minimum atomic E-state index is -0.317. The molecule has 2 aromatic rings. The number of benzene rings is 1. The van der Waals surface area contributed by atoms with Gasteiger partial charge in [-0.3, -0.25) is 4.79 Å². The summed E-state index contributed by atoms with van der Waals surface area (Å²) in [5, 5.41) is 3.50. The summed E-state index contributed by atoms with van der Waals surface area (Å²) < 4.78 is 5.07. The third-order valence-electron chi connectivity index (χ3n) is 4.92. The van der Waals surface area contributed by atoms with Gasteiger partial charge in [0.25, 0.3) is 0 Å². The number of nitrogen functional groups attached to an aromatic ring is 1. The predicted molar refractivity (Wildman–Crippen MR) is 113 cm³/mol. The number of aryl methyl sites for hydroxylation is 1. The van der Waals surface area contributed by atoms with Crippen LogP contribution in [-0.2, 0) is 22.5 Å². The van der Waals surface area contributed by atoms with Gasteiger partial charge in [-0.1, -0.05) is 18.2 Å². The first kappa shape index (κ1) is 19.9. The van der Waals surface area contributed by atoms with Crippen molar-refractivity contribution in [1.29, 1.82) is 0 Å². The largest absolute Gasteiger partial charge is 0.450 e. The lowest BCUT2D eigenvalue weighted by atomic mass is 10.0. The number of ether oxygens (including phenoxy) is 1. The molecular weight excluding hydrogens is 374 g/mol. The highest BCUT2D eigenvalue weighted by Crippen LogP contribution is 2.39. The van der Waals surface area contributed by atoms with Crippen molar-refractivity contribution in [2.45, 2.75) is 33.7 Å². The van der Waals surface area contributed by atoms with Crippen LogP contribution >= 0.6 is 11.3 Å². The van der Waals surface area contributed by atoms with Crippen LogP contribution < -0.4 is 11.1 Å². The molecule has 3 rings (SSSR count). The third kappa shape index (κ3) is 4.20. The van der Waals surface area contributed by atoms with Gasteiger partial charge in [0, 0.05) is 17.5 Å². The molecule has 3 N–H and O–H groups in total. The molecule has 148 valence electrons. The van der Waals surface area contributed by atoms with Crippen molar-refractivity contribution < 1.29 is 14.3 Å². The summed E-state index contributed by atoms with van der Waals surface area (Å²) in [4.78, 5) is 27.0. The molecule has 2 amide bonds. The molecular formula is C21H25N3O3S. The van der Waals surface area contributed by atoms with Gasteiger partial charge in [0.1, 0.15) is 5.00 Å². The smallest absolute Gasteiger partial charge is 0.410 e. The normalized spacial score (nSPS) is 13.5. The number of carbonyl (C=O) groups excluding carboxylic acids is 2. The van der Waals surface area contributed by atoms with Crippen LogP contribution in [0, 0.1) is 13.8 Å². The Hall–Kier alpha value is -2.80. The molecule has 1 aliphatic heterocycles. The first-order chi connectivity index (χ1) is 13.4. The number of fused-ring (bicyclic) bond motifs is 1.